The summed E-state index contributed by atoms with van der Waals surface area (Å²) < 4.78 is 10.8. The molecule has 0 spiro atoms. The molecule has 9 heteroatoms. The van der Waals surface area contributed by atoms with E-state index in [9.17, 15) is 14.9 Å². The number of hydrogen-bond donors (Lipinski definition) is 1. The summed E-state index contributed by atoms with van der Waals surface area (Å²) >= 11 is 3.16. The van der Waals surface area contributed by atoms with Crippen LogP contribution in [0.3, 0.4) is 0 Å². The number of amides is 1. The molecule has 0 fully saturated rings. The zero-order chi connectivity index (χ0) is 18.2. The van der Waals surface area contributed by atoms with Gasteiger partial charge in [-0.25, -0.2) is 5.43 Å². The monoisotopic (exact) mass is 407 g/mol. The van der Waals surface area contributed by atoms with Gasteiger partial charge in [-0.1, -0.05) is 12.1 Å². The lowest BCUT2D eigenvalue weighted by atomic mass is 10.2. The standard InChI is InChI=1S/C16H14BrN3O5/c1-24-13-4-2-3-11(7-13)9-18-19-16(21)10-25-15-6-5-12(20(22)23)8-14(15)17/h2-9H,10H2,1H3,(H,19,21)/b18-9+. The van der Waals surface area contributed by atoms with Gasteiger partial charge in [0.05, 0.1) is 22.7 Å². The summed E-state index contributed by atoms with van der Waals surface area (Å²) in [5.74, 6) is 0.531. The number of hydrogen-bond acceptors (Lipinski definition) is 6. The van der Waals surface area contributed by atoms with Gasteiger partial charge >= 0.3 is 0 Å². The molecule has 0 radical (unpaired) electrons. The Kier molecular flexibility index (Phi) is 6.47. The number of nitro benzene ring substituents is 1. The van der Waals surface area contributed by atoms with Crippen molar-refractivity contribution in [2.75, 3.05) is 13.7 Å². The molecule has 0 saturated heterocycles. The van der Waals surface area contributed by atoms with E-state index >= 15 is 0 Å². The zero-order valence-corrected chi connectivity index (χ0v) is 14.7. The molecule has 0 aliphatic heterocycles. The number of nitrogens with zero attached hydrogens (tertiary/aromatic N) is 2. The highest BCUT2D eigenvalue weighted by Crippen LogP contribution is 2.28. The van der Waals surface area contributed by atoms with E-state index in [0.29, 0.717) is 16.0 Å². The zero-order valence-electron chi connectivity index (χ0n) is 13.1. The molecule has 130 valence electrons. The summed E-state index contributed by atoms with van der Waals surface area (Å²) in [5.41, 5.74) is 3.01. The van der Waals surface area contributed by atoms with Crippen LogP contribution < -0.4 is 14.9 Å². The van der Waals surface area contributed by atoms with Crippen LogP contribution in [0.1, 0.15) is 5.56 Å². The van der Waals surface area contributed by atoms with Gasteiger partial charge < -0.3 is 9.47 Å². The summed E-state index contributed by atoms with van der Waals surface area (Å²) in [5, 5.41) is 14.5. The van der Waals surface area contributed by atoms with Gasteiger partial charge in [0.15, 0.2) is 6.61 Å². The Hall–Kier alpha value is -2.94. The smallest absolute Gasteiger partial charge is 0.277 e. The summed E-state index contributed by atoms with van der Waals surface area (Å²) in [7, 11) is 1.56. The van der Waals surface area contributed by atoms with Gasteiger partial charge in [-0.05, 0) is 39.7 Å². The summed E-state index contributed by atoms with van der Waals surface area (Å²) in [6, 6.07) is 11.2. The first kappa shape index (κ1) is 18.4. The topological polar surface area (TPSA) is 103 Å². The van der Waals surface area contributed by atoms with E-state index in [1.54, 1.807) is 25.3 Å². The second-order valence-electron chi connectivity index (χ2n) is 4.73. The molecule has 1 N–H and O–H groups in total. The van der Waals surface area contributed by atoms with Crippen LogP contribution in [0, 0.1) is 10.1 Å². The quantitative estimate of drug-likeness (QED) is 0.431. The average molecular weight is 408 g/mol. The molecule has 0 bridgehead atoms. The molecule has 1 amide bonds. The minimum atomic E-state index is -0.519. The van der Waals surface area contributed by atoms with Crippen molar-refractivity contribution >= 4 is 33.7 Å². The van der Waals surface area contributed by atoms with Crippen LogP contribution in [0.15, 0.2) is 52.0 Å². The second kappa shape index (κ2) is 8.78. The maximum absolute atomic E-state index is 11.7. The van der Waals surface area contributed by atoms with Gasteiger partial charge in [0.2, 0.25) is 0 Å². The van der Waals surface area contributed by atoms with Crippen LogP contribution in [0.5, 0.6) is 11.5 Å². The highest BCUT2D eigenvalue weighted by atomic mass is 79.9. The lowest BCUT2D eigenvalue weighted by molar-refractivity contribution is -0.384. The Morgan fingerprint density at radius 2 is 2.16 bits per heavy atom. The molecule has 2 aromatic carbocycles. The predicted molar refractivity (Wildman–Crippen MR) is 95.0 cm³/mol. The SMILES string of the molecule is COc1cccc(/C=N/NC(=O)COc2ccc([N+](=O)[O-])cc2Br)c1. The lowest BCUT2D eigenvalue weighted by Gasteiger charge is -2.06. The van der Waals surface area contributed by atoms with E-state index in [1.807, 2.05) is 6.07 Å². The van der Waals surface area contributed by atoms with Gasteiger partial charge in [0.1, 0.15) is 11.5 Å². The van der Waals surface area contributed by atoms with Crippen molar-refractivity contribution in [1.29, 1.82) is 0 Å². The number of nitro groups is 1. The van der Waals surface area contributed by atoms with Gasteiger partial charge in [0, 0.05) is 12.1 Å². The van der Waals surface area contributed by atoms with Crippen LogP contribution in [0.2, 0.25) is 0 Å². The van der Waals surface area contributed by atoms with Gasteiger partial charge in [-0.2, -0.15) is 5.10 Å². The van der Waals surface area contributed by atoms with Crippen molar-refractivity contribution in [2.45, 2.75) is 0 Å². The van der Waals surface area contributed by atoms with E-state index in [4.69, 9.17) is 9.47 Å². The van der Waals surface area contributed by atoms with E-state index in [-0.39, 0.29) is 12.3 Å². The highest BCUT2D eigenvalue weighted by molar-refractivity contribution is 9.10. The maximum atomic E-state index is 11.7. The van der Waals surface area contributed by atoms with E-state index in [2.05, 4.69) is 26.5 Å². The van der Waals surface area contributed by atoms with Crippen LogP contribution in [0.4, 0.5) is 5.69 Å². The fourth-order valence-corrected chi connectivity index (χ4v) is 2.28. The molecule has 0 aliphatic carbocycles. The fraction of sp³-hybridized carbons (Fsp3) is 0.125. The molecule has 2 rings (SSSR count). The first-order chi connectivity index (χ1) is 12.0. The summed E-state index contributed by atoms with van der Waals surface area (Å²) in [4.78, 5) is 21.9. The van der Waals surface area contributed by atoms with Gasteiger partial charge in [-0.15, -0.1) is 0 Å². The summed E-state index contributed by atoms with van der Waals surface area (Å²) in [6.45, 7) is -0.286. The molecule has 8 nitrogen and oxygen atoms in total. The Morgan fingerprint density at radius 3 is 2.84 bits per heavy atom. The molecule has 0 atom stereocenters. The molecule has 0 heterocycles. The number of carbonyl (C=O) groups excluding carboxylic acids is 1. The van der Waals surface area contributed by atoms with Gasteiger partial charge in [0.25, 0.3) is 11.6 Å². The van der Waals surface area contributed by atoms with Gasteiger partial charge in [-0.3, -0.25) is 14.9 Å². The molecule has 0 unspecified atom stereocenters. The normalized spacial score (nSPS) is 10.5. The van der Waals surface area contributed by atoms with Crippen molar-refractivity contribution in [3.05, 3.63) is 62.6 Å². The number of nitrogens with one attached hydrogen (secondary N) is 1. The average Bonchev–Trinajstić information content (AvgIpc) is 2.60. The Morgan fingerprint density at radius 1 is 1.36 bits per heavy atom. The number of ether oxygens (including phenoxy) is 2. The number of non-ortho nitro benzene ring substituents is 1. The summed E-state index contributed by atoms with van der Waals surface area (Å²) in [6.07, 6.45) is 1.47. The molecule has 0 aliphatic rings. The number of carbonyl (C=O) groups is 1. The van der Waals surface area contributed by atoms with E-state index < -0.39 is 10.8 Å². The van der Waals surface area contributed by atoms with Crippen molar-refractivity contribution in [3.63, 3.8) is 0 Å². The number of methoxy groups -OCH3 is 1. The van der Waals surface area contributed by atoms with Crippen LogP contribution in [0.25, 0.3) is 0 Å². The Labute approximate surface area is 151 Å². The Bertz CT molecular complexity index is 810. The third kappa shape index (κ3) is 5.57. The first-order valence-electron chi connectivity index (χ1n) is 7.02. The Balaban J connectivity index is 1.86. The van der Waals surface area contributed by atoms with Crippen LogP contribution >= 0.6 is 15.9 Å². The van der Waals surface area contributed by atoms with E-state index in [0.717, 1.165) is 5.56 Å². The van der Waals surface area contributed by atoms with Crippen molar-refractivity contribution in [2.24, 2.45) is 5.10 Å². The highest BCUT2D eigenvalue weighted by Gasteiger charge is 2.11. The molecule has 25 heavy (non-hydrogen) atoms. The third-order valence-corrected chi connectivity index (χ3v) is 3.60. The molecular weight excluding hydrogens is 394 g/mol. The molecular formula is C16H14BrN3O5. The molecule has 2 aromatic rings. The number of halogens is 1. The molecule has 0 aromatic heterocycles. The van der Waals surface area contributed by atoms with Crippen molar-refractivity contribution in [1.82, 2.24) is 5.43 Å². The fourth-order valence-electron chi connectivity index (χ4n) is 1.80. The van der Waals surface area contributed by atoms with Crippen LogP contribution in [-0.2, 0) is 4.79 Å². The van der Waals surface area contributed by atoms with Crippen molar-refractivity contribution in [3.8, 4) is 11.5 Å². The number of rotatable bonds is 7. The first-order valence-corrected chi connectivity index (χ1v) is 7.81. The van der Waals surface area contributed by atoms with E-state index in [1.165, 1.54) is 24.4 Å². The predicted octanol–water partition coefficient (Wildman–Crippen LogP) is 2.90. The van der Waals surface area contributed by atoms with Crippen molar-refractivity contribution < 1.29 is 19.2 Å². The maximum Gasteiger partial charge on any atom is 0.277 e. The minimum Gasteiger partial charge on any atom is -0.497 e. The molecule has 0 saturated carbocycles. The number of hydrazone groups is 1. The van der Waals surface area contributed by atoms with Crippen LogP contribution in [-0.4, -0.2) is 30.8 Å². The third-order valence-electron chi connectivity index (χ3n) is 2.98. The second-order valence-corrected chi connectivity index (χ2v) is 5.58. The largest absolute Gasteiger partial charge is 0.497 e. The minimum absolute atomic E-state index is 0.0773. The lowest BCUT2D eigenvalue weighted by Crippen LogP contribution is -2.24. The number of benzene rings is 2.